The van der Waals surface area contributed by atoms with E-state index in [0.29, 0.717) is 12.2 Å². The molecule has 116 valence electrons. The first-order valence-electron chi connectivity index (χ1n) is 6.25. The molecule has 0 atom stereocenters. The highest BCUT2D eigenvalue weighted by atomic mass is 16.6. The Labute approximate surface area is 122 Å². The summed E-state index contributed by atoms with van der Waals surface area (Å²) in [4.78, 5) is 10.3. The predicted molar refractivity (Wildman–Crippen MR) is 77.0 cm³/mol. The lowest BCUT2D eigenvalue weighted by molar-refractivity contribution is -0.385. The van der Waals surface area contributed by atoms with E-state index in [1.807, 2.05) is 0 Å². The number of nitrogens with zero attached hydrogens (tertiary/aromatic N) is 2. The van der Waals surface area contributed by atoms with Gasteiger partial charge in [0, 0.05) is 11.5 Å². The molecule has 1 aromatic rings. The molecule has 0 saturated carbocycles. The summed E-state index contributed by atoms with van der Waals surface area (Å²) in [6.45, 7) is 3.84. The van der Waals surface area contributed by atoms with Gasteiger partial charge < -0.3 is 20.4 Å². The molecule has 1 rings (SSSR count). The Bertz CT molecular complexity index is 543. The monoisotopic (exact) mass is 297 g/mol. The summed E-state index contributed by atoms with van der Waals surface area (Å²) in [5.41, 5.74) is 4.95. The minimum absolute atomic E-state index is 0.0819. The first kappa shape index (κ1) is 16.5. The summed E-state index contributed by atoms with van der Waals surface area (Å²) in [6, 6.07) is 4.11. The number of ether oxygens (including phenoxy) is 2. The van der Waals surface area contributed by atoms with Crippen LogP contribution in [0.5, 0.6) is 11.5 Å². The van der Waals surface area contributed by atoms with Crippen LogP contribution < -0.4 is 15.2 Å². The third-order valence-electron chi connectivity index (χ3n) is 3.14. The summed E-state index contributed by atoms with van der Waals surface area (Å²) in [7, 11) is 1.45. The van der Waals surface area contributed by atoms with Gasteiger partial charge in [0.1, 0.15) is 5.84 Å². The van der Waals surface area contributed by atoms with Gasteiger partial charge in [0.25, 0.3) is 5.69 Å². The van der Waals surface area contributed by atoms with Gasteiger partial charge in [-0.3, -0.25) is 10.1 Å². The highest BCUT2D eigenvalue weighted by Crippen LogP contribution is 2.32. The fraction of sp³-hybridized carbons (Fsp3) is 0.462. The number of methoxy groups -OCH3 is 1. The summed E-state index contributed by atoms with van der Waals surface area (Å²) in [5.74, 6) is 0.779. The van der Waals surface area contributed by atoms with Crippen LogP contribution in [0.1, 0.15) is 20.3 Å². The summed E-state index contributed by atoms with van der Waals surface area (Å²) < 4.78 is 10.6. The van der Waals surface area contributed by atoms with Crippen LogP contribution in [0.3, 0.4) is 0 Å². The molecule has 0 heterocycles. The van der Waals surface area contributed by atoms with Gasteiger partial charge in [0.2, 0.25) is 0 Å². The van der Waals surface area contributed by atoms with Crippen LogP contribution in [0.4, 0.5) is 5.69 Å². The summed E-state index contributed by atoms with van der Waals surface area (Å²) >= 11 is 0. The Balaban J connectivity index is 2.79. The molecule has 21 heavy (non-hydrogen) atoms. The Hall–Kier alpha value is -2.51. The van der Waals surface area contributed by atoms with Crippen molar-refractivity contribution < 1.29 is 19.6 Å². The van der Waals surface area contributed by atoms with Crippen molar-refractivity contribution >= 4 is 11.5 Å². The Morgan fingerprint density at radius 2 is 2.14 bits per heavy atom. The number of amidine groups is 1. The molecule has 0 spiro atoms. The maximum absolute atomic E-state index is 10.8. The van der Waals surface area contributed by atoms with Gasteiger partial charge in [0.05, 0.1) is 24.7 Å². The fourth-order valence-electron chi connectivity index (χ4n) is 1.57. The van der Waals surface area contributed by atoms with Crippen molar-refractivity contribution in [3.63, 3.8) is 0 Å². The molecule has 0 amide bonds. The minimum Gasteiger partial charge on any atom is -0.493 e. The van der Waals surface area contributed by atoms with E-state index in [1.165, 1.54) is 25.3 Å². The number of non-ortho nitro benzene ring substituents is 1. The molecule has 0 aliphatic carbocycles. The molecule has 0 bridgehead atoms. The van der Waals surface area contributed by atoms with E-state index in [9.17, 15) is 10.1 Å². The lowest BCUT2D eigenvalue weighted by atomic mass is 9.88. The zero-order chi connectivity index (χ0) is 16.0. The summed E-state index contributed by atoms with van der Waals surface area (Å²) in [5, 5.41) is 22.4. The average molecular weight is 297 g/mol. The van der Waals surface area contributed by atoms with Crippen LogP contribution in [-0.4, -0.2) is 29.7 Å². The minimum atomic E-state index is -0.553. The predicted octanol–water partition coefficient (Wildman–Crippen LogP) is 2.14. The van der Waals surface area contributed by atoms with Crippen molar-refractivity contribution in [1.29, 1.82) is 0 Å². The maximum atomic E-state index is 10.8. The Morgan fingerprint density at radius 3 is 2.67 bits per heavy atom. The molecular formula is C13H19N3O5. The van der Waals surface area contributed by atoms with E-state index in [1.54, 1.807) is 13.8 Å². The van der Waals surface area contributed by atoms with E-state index in [-0.39, 0.29) is 23.9 Å². The zero-order valence-electron chi connectivity index (χ0n) is 12.2. The molecule has 0 fully saturated rings. The third-order valence-corrected chi connectivity index (χ3v) is 3.14. The maximum Gasteiger partial charge on any atom is 0.273 e. The molecule has 1 aromatic carbocycles. The highest BCUT2D eigenvalue weighted by molar-refractivity contribution is 5.85. The molecule has 0 aliphatic heterocycles. The SMILES string of the molecule is COc1ccc([N+](=O)[O-])cc1OCCC(C)(C)C(N)=NO. The quantitative estimate of drug-likeness (QED) is 0.261. The highest BCUT2D eigenvalue weighted by Gasteiger charge is 2.24. The number of benzene rings is 1. The van der Waals surface area contributed by atoms with Gasteiger partial charge in [-0.1, -0.05) is 19.0 Å². The van der Waals surface area contributed by atoms with Crippen molar-refractivity contribution in [2.75, 3.05) is 13.7 Å². The second kappa shape index (κ2) is 6.78. The third kappa shape index (κ3) is 4.23. The number of hydrogen-bond acceptors (Lipinski definition) is 6. The normalized spacial score (nSPS) is 12.0. The first-order chi connectivity index (χ1) is 9.81. The first-order valence-corrected chi connectivity index (χ1v) is 6.25. The van der Waals surface area contributed by atoms with Crippen LogP contribution in [0.2, 0.25) is 0 Å². The summed E-state index contributed by atoms with van der Waals surface area (Å²) in [6.07, 6.45) is 0.467. The van der Waals surface area contributed by atoms with E-state index in [4.69, 9.17) is 20.4 Å². The largest absolute Gasteiger partial charge is 0.493 e. The number of oxime groups is 1. The van der Waals surface area contributed by atoms with Crippen molar-refractivity contribution in [1.82, 2.24) is 0 Å². The van der Waals surface area contributed by atoms with Gasteiger partial charge in [0.15, 0.2) is 11.5 Å². The molecule has 0 saturated heterocycles. The van der Waals surface area contributed by atoms with Crippen LogP contribution in [0, 0.1) is 15.5 Å². The molecule has 8 heteroatoms. The number of nitro groups is 1. The van der Waals surface area contributed by atoms with Crippen molar-refractivity contribution in [2.45, 2.75) is 20.3 Å². The molecule has 0 aliphatic rings. The van der Waals surface area contributed by atoms with E-state index in [2.05, 4.69) is 5.16 Å². The lowest BCUT2D eigenvalue weighted by Gasteiger charge is -2.22. The molecule has 0 aromatic heterocycles. The second-order valence-electron chi connectivity index (χ2n) is 5.06. The van der Waals surface area contributed by atoms with Crippen LogP contribution in [-0.2, 0) is 0 Å². The van der Waals surface area contributed by atoms with Gasteiger partial charge in [-0.25, -0.2) is 0 Å². The van der Waals surface area contributed by atoms with Gasteiger partial charge in [-0.15, -0.1) is 0 Å². The lowest BCUT2D eigenvalue weighted by Crippen LogP contribution is -2.33. The second-order valence-corrected chi connectivity index (χ2v) is 5.06. The van der Waals surface area contributed by atoms with Crippen LogP contribution in [0.25, 0.3) is 0 Å². The zero-order valence-corrected chi connectivity index (χ0v) is 12.2. The molecule has 8 nitrogen and oxygen atoms in total. The van der Waals surface area contributed by atoms with E-state index in [0.717, 1.165) is 0 Å². The standard InChI is InChI=1S/C13H19N3O5/c1-13(2,12(14)15-17)6-7-21-11-8-9(16(18)19)4-5-10(11)20-3/h4-5,8,17H,6-7H2,1-3H3,(H2,14,15). The Morgan fingerprint density at radius 1 is 1.48 bits per heavy atom. The van der Waals surface area contributed by atoms with Gasteiger partial charge in [-0.2, -0.15) is 0 Å². The van der Waals surface area contributed by atoms with Crippen LogP contribution in [0.15, 0.2) is 23.4 Å². The smallest absolute Gasteiger partial charge is 0.273 e. The number of nitro benzene ring substituents is 1. The van der Waals surface area contributed by atoms with Gasteiger partial charge >= 0.3 is 0 Å². The van der Waals surface area contributed by atoms with Gasteiger partial charge in [-0.05, 0) is 12.5 Å². The fourth-order valence-corrected chi connectivity index (χ4v) is 1.57. The topological polar surface area (TPSA) is 120 Å². The molecule has 3 N–H and O–H groups in total. The van der Waals surface area contributed by atoms with E-state index < -0.39 is 10.3 Å². The van der Waals surface area contributed by atoms with Crippen molar-refractivity contribution in [3.05, 3.63) is 28.3 Å². The number of nitrogens with two attached hydrogens (primary N) is 1. The van der Waals surface area contributed by atoms with Crippen molar-refractivity contribution in [3.8, 4) is 11.5 Å². The number of hydrogen-bond donors (Lipinski definition) is 2. The molecular weight excluding hydrogens is 278 g/mol. The van der Waals surface area contributed by atoms with E-state index >= 15 is 0 Å². The molecule has 0 radical (unpaired) electrons. The Kier molecular flexibility index (Phi) is 5.34. The van der Waals surface area contributed by atoms with Crippen LogP contribution >= 0.6 is 0 Å². The number of rotatable bonds is 7. The average Bonchev–Trinajstić information content (AvgIpc) is 2.45. The molecule has 0 unspecified atom stereocenters. The van der Waals surface area contributed by atoms with Crippen molar-refractivity contribution in [2.24, 2.45) is 16.3 Å².